The van der Waals surface area contributed by atoms with Crippen molar-refractivity contribution in [2.75, 3.05) is 13.2 Å². The number of amides is 3. The normalized spacial score (nSPS) is 13.6. The van der Waals surface area contributed by atoms with Gasteiger partial charge >= 0.3 is 12.1 Å². The summed E-state index contributed by atoms with van der Waals surface area (Å²) >= 11 is 0. The third kappa shape index (κ3) is 12.8. The number of hydrogen-bond donors (Lipinski definition) is 3. The largest absolute Gasteiger partial charge is 0.458 e. The van der Waals surface area contributed by atoms with Gasteiger partial charge in [0.05, 0.1) is 6.61 Å². The van der Waals surface area contributed by atoms with E-state index in [9.17, 15) is 24.3 Å². The second-order valence-electron chi connectivity index (χ2n) is 13.5. The van der Waals surface area contributed by atoms with Crippen molar-refractivity contribution in [3.05, 3.63) is 71.3 Å². The van der Waals surface area contributed by atoms with E-state index in [1.54, 1.807) is 53.7 Å². The summed E-state index contributed by atoms with van der Waals surface area (Å²) in [7, 11) is 0. The third-order valence-corrected chi connectivity index (χ3v) is 7.04. The Kier molecular flexibility index (Phi) is 14.7. The van der Waals surface area contributed by atoms with Gasteiger partial charge in [0, 0.05) is 13.0 Å². The number of hydrogen-bond acceptors (Lipinski definition) is 7. The molecule has 2 rings (SSSR count). The number of esters is 1. The summed E-state index contributed by atoms with van der Waals surface area (Å²) in [5.74, 6) is -1.84. The molecule has 0 saturated carbocycles. The minimum absolute atomic E-state index is 0.173. The highest BCUT2D eigenvalue weighted by Crippen LogP contribution is 2.27. The lowest BCUT2D eigenvalue weighted by Crippen LogP contribution is -2.56. The fourth-order valence-corrected chi connectivity index (χ4v) is 4.92. The van der Waals surface area contributed by atoms with Gasteiger partial charge in [-0.15, -0.1) is 0 Å². The van der Waals surface area contributed by atoms with Crippen LogP contribution in [0.25, 0.3) is 0 Å². The van der Waals surface area contributed by atoms with Crippen LogP contribution in [0.4, 0.5) is 4.79 Å². The van der Waals surface area contributed by atoms with E-state index >= 15 is 0 Å². The first-order valence-electron chi connectivity index (χ1n) is 16.1. The molecule has 3 unspecified atom stereocenters. The van der Waals surface area contributed by atoms with Crippen LogP contribution >= 0.6 is 0 Å². The molecule has 0 aliphatic rings. The second kappa shape index (κ2) is 17.7. The maximum absolute atomic E-state index is 14.4. The summed E-state index contributed by atoms with van der Waals surface area (Å²) in [6.07, 6.45) is 2.59. The lowest BCUT2D eigenvalue weighted by Gasteiger charge is -2.35. The number of alkyl carbamates (subject to hydrolysis) is 1. The Bertz CT molecular complexity index is 1280. The molecule has 254 valence electrons. The second-order valence-corrected chi connectivity index (χ2v) is 13.5. The lowest BCUT2D eigenvalue weighted by atomic mass is 9.96. The molecule has 0 aliphatic heterocycles. The molecular formula is C36H53N3O7. The summed E-state index contributed by atoms with van der Waals surface area (Å²) < 4.78 is 11.0. The van der Waals surface area contributed by atoms with Gasteiger partial charge < -0.3 is 30.1 Å². The molecule has 0 radical (unpaired) electrons. The molecule has 0 heterocycles. The zero-order valence-electron chi connectivity index (χ0n) is 28.7. The molecule has 3 amide bonds. The molecule has 3 atom stereocenters. The summed E-state index contributed by atoms with van der Waals surface area (Å²) in [4.78, 5) is 56.1. The average molecular weight is 640 g/mol. The minimum Gasteiger partial charge on any atom is -0.458 e. The SMILES string of the molecule is CCCCCCN(C(=O)C(CO)NC(=O)OC(C)(C)C)C(C(=O)NC(Cc1ccccc1)C(=O)OC(C)(C)C)c1ccccc1C. The number of nitrogens with zero attached hydrogens (tertiary/aromatic N) is 1. The van der Waals surface area contributed by atoms with Gasteiger partial charge in [-0.05, 0) is 71.6 Å². The van der Waals surface area contributed by atoms with Crippen molar-refractivity contribution in [3.8, 4) is 0 Å². The number of nitrogens with one attached hydrogen (secondary N) is 2. The number of carbonyl (C=O) groups is 4. The van der Waals surface area contributed by atoms with Crippen LogP contribution in [0.3, 0.4) is 0 Å². The predicted molar refractivity (Wildman–Crippen MR) is 178 cm³/mol. The number of aliphatic hydroxyl groups excluding tert-OH is 1. The summed E-state index contributed by atoms with van der Waals surface area (Å²) in [5, 5.41) is 15.6. The summed E-state index contributed by atoms with van der Waals surface area (Å²) in [6, 6.07) is 12.9. The standard InChI is InChI=1S/C36H53N3O7/c1-9-10-11-17-22-39(32(42)29(24-40)38-34(44)46-36(6,7)8)30(27-21-16-15-18-25(27)2)31(41)37-28(33(43)45-35(3,4)5)23-26-19-13-12-14-20-26/h12-16,18-21,28-30,40H,9-11,17,22-24H2,1-8H3,(H,37,41)(H,38,44). The quantitative estimate of drug-likeness (QED) is 0.176. The fraction of sp³-hybridized carbons (Fsp3) is 0.556. The van der Waals surface area contributed by atoms with Crippen molar-refractivity contribution in [2.45, 2.75) is 117 Å². The molecule has 0 aromatic heterocycles. The van der Waals surface area contributed by atoms with Crippen molar-refractivity contribution < 1.29 is 33.8 Å². The number of aliphatic hydroxyl groups is 1. The van der Waals surface area contributed by atoms with E-state index in [1.807, 2.05) is 49.4 Å². The first-order chi connectivity index (χ1) is 21.6. The Labute approximate surface area is 274 Å². The average Bonchev–Trinajstić information content (AvgIpc) is 2.96. The van der Waals surface area contributed by atoms with Crippen LogP contribution in [-0.4, -0.2) is 70.3 Å². The zero-order valence-corrected chi connectivity index (χ0v) is 28.7. The number of benzene rings is 2. The van der Waals surface area contributed by atoms with Gasteiger partial charge in [-0.2, -0.15) is 0 Å². The first-order valence-corrected chi connectivity index (χ1v) is 16.1. The van der Waals surface area contributed by atoms with Crippen LogP contribution in [0, 0.1) is 6.92 Å². The fourth-order valence-electron chi connectivity index (χ4n) is 4.92. The van der Waals surface area contributed by atoms with Crippen molar-refractivity contribution >= 4 is 23.9 Å². The zero-order chi connectivity index (χ0) is 34.5. The van der Waals surface area contributed by atoms with Gasteiger partial charge in [-0.1, -0.05) is 80.8 Å². The molecule has 2 aromatic rings. The van der Waals surface area contributed by atoms with Gasteiger partial charge in [0.1, 0.15) is 29.3 Å². The van der Waals surface area contributed by atoms with Crippen molar-refractivity contribution in [3.63, 3.8) is 0 Å². The van der Waals surface area contributed by atoms with Gasteiger partial charge in [-0.3, -0.25) is 9.59 Å². The molecule has 2 aromatic carbocycles. The van der Waals surface area contributed by atoms with Crippen LogP contribution in [0.1, 0.15) is 96.9 Å². The van der Waals surface area contributed by atoms with Crippen molar-refractivity contribution in [1.29, 1.82) is 0 Å². The molecular weight excluding hydrogens is 586 g/mol. The number of rotatable bonds is 15. The molecule has 0 aliphatic carbocycles. The van der Waals surface area contributed by atoms with E-state index in [1.165, 1.54) is 4.90 Å². The van der Waals surface area contributed by atoms with E-state index < -0.39 is 59.8 Å². The van der Waals surface area contributed by atoms with Crippen molar-refractivity contribution in [2.24, 2.45) is 0 Å². The van der Waals surface area contributed by atoms with E-state index in [2.05, 4.69) is 17.6 Å². The first kappa shape index (κ1) is 38.3. The Hall–Kier alpha value is -3.92. The van der Waals surface area contributed by atoms with Crippen LogP contribution in [-0.2, 0) is 30.3 Å². The predicted octanol–water partition coefficient (Wildman–Crippen LogP) is 5.40. The molecule has 10 nitrogen and oxygen atoms in total. The summed E-state index contributed by atoms with van der Waals surface area (Å²) in [5.41, 5.74) is 0.508. The van der Waals surface area contributed by atoms with Gasteiger partial charge in [0.15, 0.2) is 0 Å². The highest BCUT2D eigenvalue weighted by molar-refractivity contribution is 5.94. The van der Waals surface area contributed by atoms with Gasteiger partial charge in [0.25, 0.3) is 0 Å². The maximum Gasteiger partial charge on any atom is 0.408 e. The number of ether oxygens (including phenoxy) is 2. The number of aryl methyl sites for hydroxylation is 1. The molecule has 10 heteroatoms. The number of carbonyl (C=O) groups excluding carboxylic acids is 4. The van der Waals surface area contributed by atoms with E-state index in [0.717, 1.165) is 30.4 Å². The van der Waals surface area contributed by atoms with Crippen LogP contribution in [0.2, 0.25) is 0 Å². The third-order valence-electron chi connectivity index (χ3n) is 7.04. The molecule has 0 saturated heterocycles. The molecule has 46 heavy (non-hydrogen) atoms. The monoisotopic (exact) mass is 639 g/mol. The van der Waals surface area contributed by atoms with Gasteiger partial charge in [0.2, 0.25) is 11.8 Å². The highest BCUT2D eigenvalue weighted by Gasteiger charge is 2.38. The van der Waals surface area contributed by atoms with Crippen LogP contribution in [0.15, 0.2) is 54.6 Å². The smallest absolute Gasteiger partial charge is 0.408 e. The Morgan fingerprint density at radius 1 is 0.804 bits per heavy atom. The lowest BCUT2D eigenvalue weighted by molar-refractivity contribution is -0.159. The Morgan fingerprint density at radius 2 is 1.41 bits per heavy atom. The maximum atomic E-state index is 14.4. The molecule has 3 N–H and O–H groups in total. The van der Waals surface area contributed by atoms with Crippen LogP contribution in [0.5, 0.6) is 0 Å². The van der Waals surface area contributed by atoms with E-state index in [4.69, 9.17) is 9.47 Å². The summed E-state index contributed by atoms with van der Waals surface area (Å²) in [6.45, 7) is 13.7. The Balaban J connectivity index is 2.58. The molecule has 0 spiro atoms. The number of unbranched alkanes of at least 4 members (excludes halogenated alkanes) is 3. The highest BCUT2D eigenvalue weighted by atomic mass is 16.6. The van der Waals surface area contributed by atoms with E-state index in [-0.39, 0.29) is 13.0 Å². The van der Waals surface area contributed by atoms with Crippen molar-refractivity contribution in [1.82, 2.24) is 15.5 Å². The Morgan fingerprint density at radius 3 is 1.98 bits per heavy atom. The van der Waals surface area contributed by atoms with Crippen LogP contribution < -0.4 is 10.6 Å². The minimum atomic E-state index is -1.37. The molecule has 0 fully saturated rings. The molecule has 0 bridgehead atoms. The topological polar surface area (TPSA) is 134 Å². The van der Waals surface area contributed by atoms with Gasteiger partial charge in [-0.25, -0.2) is 9.59 Å². The van der Waals surface area contributed by atoms with E-state index in [0.29, 0.717) is 12.0 Å².